The lowest BCUT2D eigenvalue weighted by molar-refractivity contribution is 0.313. The van der Waals surface area contributed by atoms with Crippen molar-refractivity contribution in [2.24, 2.45) is 0 Å². The highest BCUT2D eigenvalue weighted by Crippen LogP contribution is 2.20. The summed E-state index contributed by atoms with van der Waals surface area (Å²) in [5, 5.41) is 4.09. The highest BCUT2D eigenvalue weighted by Gasteiger charge is 2.00. The summed E-state index contributed by atoms with van der Waals surface area (Å²) in [7, 11) is 0. The van der Waals surface area contributed by atoms with Gasteiger partial charge in [0, 0.05) is 22.6 Å². The second kappa shape index (κ2) is 7.53. The minimum atomic E-state index is 0.635. The van der Waals surface area contributed by atoms with Crippen molar-refractivity contribution in [3.63, 3.8) is 0 Å². The molecule has 0 amide bonds. The van der Waals surface area contributed by atoms with Crippen molar-refractivity contribution in [2.75, 3.05) is 13.2 Å². The Labute approximate surface area is 126 Å². The van der Waals surface area contributed by atoms with Crippen molar-refractivity contribution < 1.29 is 4.74 Å². The zero-order chi connectivity index (χ0) is 13.5. The number of halogens is 2. The van der Waals surface area contributed by atoms with E-state index < -0.39 is 0 Å². The number of para-hydroxylation sites is 1. The maximum Gasteiger partial charge on any atom is 0.119 e. The van der Waals surface area contributed by atoms with Crippen LogP contribution in [-0.2, 0) is 6.54 Å². The summed E-state index contributed by atoms with van der Waals surface area (Å²) in [6.07, 6.45) is 0. The minimum Gasteiger partial charge on any atom is -0.492 e. The number of ether oxygens (including phenoxy) is 1. The van der Waals surface area contributed by atoms with E-state index in [2.05, 4.69) is 21.2 Å². The number of nitrogens with one attached hydrogen (secondary N) is 1. The number of hydrogen-bond donors (Lipinski definition) is 1. The van der Waals surface area contributed by atoms with Gasteiger partial charge >= 0.3 is 0 Å². The quantitative estimate of drug-likeness (QED) is 0.793. The molecule has 4 heteroatoms. The molecule has 0 aliphatic heterocycles. The van der Waals surface area contributed by atoms with Gasteiger partial charge in [-0.2, -0.15) is 0 Å². The Morgan fingerprint density at radius 2 is 1.89 bits per heavy atom. The zero-order valence-corrected chi connectivity index (χ0v) is 12.7. The molecule has 0 unspecified atom stereocenters. The Bertz CT molecular complexity index is 519. The fourth-order valence-corrected chi connectivity index (χ4v) is 2.25. The van der Waals surface area contributed by atoms with Crippen LogP contribution in [0.2, 0.25) is 5.02 Å². The van der Waals surface area contributed by atoms with Gasteiger partial charge in [0.25, 0.3) is 0 Å². The van der Waals surface area contributed by atoms with E-state index in [0.29, 0.717) is 6.61 Å². The summed E-state index contributed by atoms with van der Waals surface area (Å²) >= 11 is 9.55. The molecule has 2 nitrogen and oxygen atoms in total. The van der Waals surface area contributed by atoms with Crippen molar-refractivity contribution in [1.82, 2.24) is 5.32 Å². The molecule has 19 heavy (non-hydrogen) atoms. The average molecular weight is 341 g/mol. The van der Waals surface area contributed by atoms with Crippen LogP contribution >= 0.6 is 27.5 Å². The molecule has 0 saturated carbocycles. The van der Waals surface area contributed by atoms with Gasteiger partial charge in [0.05, 0.1) is 0 Å². The van der Waals surface area contributed by atoms with Crippen LogP contribution in [0.25, 0.3) is 0 Å². The first kappa shape index (κ1) is 14.4. The average Bonchev–Trinajstić information content (AvgIpc) is 2.43. The molecule has 0 fully saturated rings. The molecule has 0 aromatic heterocycles. The Hall–Kier alpha value is -1.03. The molecular formula is C15H15BrClNO. The zero-order valence-electron chi connectivity index (χ0n) is 10.4. The third-order valence-corrected chi connectivity index (χ3v) is 3.48. The van der Waals surface area contributed by atoms with Gasteiger partial charge in [-0.1, -0.05) is 45.7 Å². The fourth-order valence-electron chi connectivity index (χ4n) is 1.66. The summed E-state index contributed by atoms with van der Waals surface area (Å²) in [5.74, 6) is 0.893. The van der Waals surface area contributed by atoms with Crippen LogP contribution in [0.4, 0.5) is 0 Å². The lowest BCUT2D eigenvalue weighted by Crippen LogP contribution is -2.20. The van der Waals surface area contributed by atoms with Crippen molar-refractivity contribution >= 4 is 27.5 Å². The number of rotatable bonds is 6. The van der Waals surface area contributed by atoms with E-state index in [4.69, 9.17) is 16.3 Å². The smallest absolute Gasteiger partial charge is 0.119 e. The van der Waals surface area contributed by atoms with Crippen LogP contribution in [0.3, 0.4) is 0 Å². The standard InChI is InChI=1S/C15H15BrClNO/c16-13-6-7-15(17)12(10-13)11-18-8-9-19-14-4-2-1-3-5-14/h1-7,10,18H,8-9,11H2. The molecule has 0 radical (unpaired) electrons. The van der Waals surface area contributed by atoms with Crippen LogP contribution < -0.4 is 10.1 Å². The van der Waals surface area contributed by atoms with Crippen LogP contribution in [0.15, 0.2) is 53.0 Å². The van der Waals surface area contributed by atoms with E-state index in [1.54, 1.807) is 0 Å². The van der Waals surface area contributed by atoms with Gasteiger partial charge < -0.3 is 10.1 Å². The monoisotopic (exact) mass is 339 g/mol. The first-order chi connectivity index (χ1) is 9.25. The molecular weight excluding hydrogens is 326 g/mol. The molecule has 100 valence electrons. The van der Waals surface area contributed by atoms with Crippen LogP contribution in [0, 0.1) is 0 Å². The van der Waals surface area contributed by atoms with Gasteiger partial charge in [-0.15, -0.1) is 0 Å². The second-order valence-electron chi connectivity index (χ2n) is 4.07. The van der Waals surface area contributed by atoms with Crippen molar-refractivity contribution in [1.29, 1.82) is 0 Å². The van der Waals surface area contributed by atoms with E-state index in [-0.39, 0.29) is 0 Å². The highest BCUT2D eigenvalue weighted by atomic mass is 79.9. The fraction of sp³-hybridized carbons (Fsp3) is 0.200. The Balaban J connectivity index is 1.71. The lowest BCUT2D eigenvalue weighted by Gasteiger charge is -2.09. The maximum absolute atomic E-state index is 6.11. The summed E-state index contributed by atoms with van der Waals surface area (Å²) in [6, 6.07) is 15.6. The predicted octanol–water partition coefficient (Wildman–Crippen LogP) is 4.27. The summed E-state index contributed by atoms with van der Waals surface area (Å²) in [5.41, 5.74) is 1.08. The SMILES string of the molecule is Clc1ccc(Br)cc1CNCCOc1ccccc1. The van der Waals surface area contributed by atoms with E-state index in [1.165, 1.54) is 0 Å². The van der Waals surface area contributed by atoms with Gasteiger partial charge in [-0.3, -0.25) is 0 Å². The van der Waals surface area contributed by atoms with Gasteiger partial charge in [0.15, 0.2) is 0 Å². The Kier molecular flexibility index (Phi) is 5.70. The van der Waals surface area contributed by atoms with Crippen molar-refractivity contribution in [3.8, 4) is 5.75 Å². The maximum atomic E-state index is 6.11. The molecule has 0 saturated heterocycles. The lowest BCUT2D eigenvalue weighted by atomic mass is 10.2. The van der Waals surface area contributed by atoms with Gasteiger partial charge in [0.1, 0.15) is 12.4 Å². The van der Waals surface area contributed by atoms with Crippen LogP contribution in [-0.4, -0.2) is 13.2 Å². The molecule has 2 rings (SSSR count). The topological polar surface area (TPSA) is 21.3 Å². The number of hydrogen-bond acceptors (Lipinski definition) is 2. The minimum absolute atomic E-state index is 0.635. The Morgan fingerprint density at radius 1 is 1.11 bits per heavy atom. The first-order valence-corrected chi connectivity index (χ1v) is 7.25. The third kappa shape index (κ3) is 4.86. The molecule has 0 aliphatic rings. The predicted molar refractivity (Wildman–Crippen MR) is 82.8 cm³/mol. The normalized spacial score (nSPS) is 10.4. The van der Waals surface area contributed by atoms with E-state index in [0.717, 1.165) is 33.9 Å². The van der Waals surface area contributed by atoms with Gasteiger partial charge in [0.2, 0.25) is 0 Å². The summed E-state index contributed by atoms with van der Waals surface area (Å²) < 4.78 is 6.63. The summed E-state index contributed by atoms with van der Waals surface area (Å²) in [6.45, 7) is 2.14. The molecule has 0 atom stereocenters. The number of benzene rings is 2. The Morgan fingerprint density at radius 3 is 2.68 bits per heavy atom. The van der Waals surface area contributed by atoms with Crippen molar-refractivity contribution in [2.45, 2.75) is 6.54 Å². The van der Waals surface area contributed by atoms with E-state index >= 15 is 0 Å². The highest BCUT2D eigenvalue weighted by molar-refractivity contribution is 9.10. The van der Waals surface area contributed by atoms with E-state index in [1.807, 2.05) is 48.5 Å². The van der Waals surface area contributed by atoms with Crippen molar-refractivity contribution in [3.05, 3.63) is 63.6 Å². The van der Waals surface area contributed by atoms with Crippen LogP contribution in [0.1, 0.15) is 5.56 Å². The first-order valence-electron chi connectivity index (χ1n) is 6.08. The molecule has 2 aromatic carbocycles. The second-order valence-corrected chi connectivity index (χ2v) is 5.40. The molecule has 0 bridgehead atoms. The molecule has 0 heterocycles. The van der Waals surface area contributed by atoms with E-state index in [9.17, 15) is 0 Å². The third-order valence-electron chi connectivity index (χ3n) is 2.61. The van der Waals surface area contributed by atoms with Gasteiger partial charge in [-0.25, -0.2) is 0 Å². The molecule has 0 spiro atoms. The molecule has 1 N–H and O–H groups in total. The molecule has 2 aromatic rings. The van der Waals surface area contributed by atoms with Crippen LogP contribution in [0.5, 0.6) is 5.75 Å². The largest absolute Gasteiger partial charge is 0.492 e. The summed E-state index contributed by atoms with van der Waals surface area (Å²) in [4.78, 5) is 0. The molecule has 0 aliphatic carbocycles. The van der Waals surface area contributed by atoms with Gasteiger partial charge in [-0.05, 0) is 35.9 Å².